The van der Waals surface area contributed by atoms with Crippen molar-refractivity contribution in [3.63, 3.8) is 0 Å². The first-order chi connectivity index (χ1) is 22.4. The second kappa shape index (κ2) is 12.9. The average Bonchev–Trinajstić information content (AvgIpc) is 3.64. The van der Waals surface area contributed by atoms with Gasteiger partial charge in [-0.25, -0.2) is 4.98 Å². The number of anilines is 1. The van der Waals surface area contributed by atoms with E-state index in [1.165, 1.54) is 28.7 Å². The number of carbonyl (C=O) groups excluding carboxylic acids is 2. The Morgan fingerprint density at radius 2 is 1.87 bits per heavy atom. The van der Waals surface area contributed by atoms with Crippen molar-refractivity contribution in [3.05, 3.63) is 83.3 Å². The van der Waals surface area contributed by atoms with Crippen LogP contribution in [0.1, 0.15) is 44.7 Å². The van der Waals surface area contributed by atoms with Gasteiger partial charge >= 0.3 is 6.18 Å². The zero-order valence-electron chi connectivity index (χ0n) is 26.1. The SMILES string of the molecule is CCc1cc(NC(=O)c2ncc(-c3cn(Cc4cccnc4)nc3C(F)(F)F)n2C)ccc1C(=O)N1CCN(CC2(O)CNC2)CC1. The van der Waals surface area contributed by atoms with Gasteiger partial charge in [0.25, 0.3) is 11.8 Å². The molecule has 2 aliphatic heterocycles. The summed E-state index contributed by atoms with van der Waals surface area (Å²) in [5.74, 6) is -0.802. The highest BCUT2D eigenvalue weighted by molar-refractivity contribution is 6.03. The van der Waals surface area contributed by atoms with E-state index in [4.69, 9.17) is 0 Å². The summed E-state index contributed by atoms with van der Waals surface area (Å²) < 4.78 is 44.5. The molecule has 2 fully saturated rings. The third-order valence-corrected chi connectivity index (χ3v) is 8.62. The van der Waals surface area contributed by atoms with Crippen molar-refractivity contribution < 1.29 is 27.9 Å². The summed E-state index contributed by atoms with van der Waals surface area (Å²) in [5, 5.41) is 20.1. The number of amides is 2. The molecule has 2 amide bonds. The topological polar surface area (TPSA) is 133 Å². The minimum atomic E-state index is -4.73. The van der Waals surface area contributed by atoms with E-state index in [1.54, 1.807) is 47.6 Å². The van der Waals surface area contributed by atoms with Gasteiger partial charge in [0, 0.05) is 82.7 Å². The van der Waals surface area contributed by atoms with Crippen molar-refractivity contribution >= 4 is 17.5 Å². The second-order valence-electron chi connectivity index (χ2n) is 12.0. The Bertz CT molecular complexity index is 1760. The van der Waals surface area contributed by atoms with Crippen molar-refractivity contribution in [2.75, 3.05) is 51.1 Å². The van der Waals surface area contributed by atoms with Crippen LogP contribution >= 0.6 is 0 Å². The minimum absolute atomic E-state index is 0.0775. The third kappa shape index (κ3) is 6.92. The van der Waals surface area contributed by atoms with E-state index in [9.17, 15) is 27.9 Å². The minimum Gasteiger partial charge on any atom is -0.386 e. The van der Waals surface area contributed by atoms with Gasteiger partial charge in [-0.1, -0.05) is 13.0 Å². The number of aryl methyl sites for hydroxylation is 1. The molecule has 0 aliphatic carbocycles. The lowest BCUT2D eigenvalue weighted by Crippen LogP contribution is -2.66. The lowest BCUT2D eigenvalue weighted by atomic mass is 9.96. The van der Waals surface area contributed by atoms with Crippen LogP contribution in [0.25, 0.3) is 11.3 Å². The summed E-state index contributed by atoms with van der Waals surface area (Å²) in [6.07, 6.45) is 1.44. The molecule has 6 rings (SSSR count). The summed E-state index contributed by atoms with van der Waals surface area (Å²) in [7, 11) is 1.47. The van der Waals surface area contributed by atoms with E-state index in [-0.39, 0.29) is 29.5 Å². The highest BCUT2D eigenvalue weighted by atomic mass is 19.4. The summed E-state index contributed by atoms with van der Waals surface area (Å²) >= 11 is 0. The second-order valence-corrected chi connectivity index (χ2v) is 12.0. The maximum Gasteiger partial charge on any atom is 0.435 e. The standard InChI is InChI=1S/C32H36F3N9O3/c1-3-22-13-23(6-7-24(22)30(46)43-11-9-42(10-12-43)20-31(47)18-37-19-31)39-29(45)28-38-15-26(41(28)2)25-17-44(40-27(25)32(33,34)35)16-21-5-4-8-36-14-21/h4-8,13-15,17,37,47H,3,9-12,16,18-20H2,1-2H3,(H,39,45). The molecule has 12 nitrogen and oxygen atoms in total. The molecule has 3 N–H and O–H groups in total. The number of β-amino-alcohol motifs (C(OH)–C–C–N with tert-alkyl or cyclic N) is 1. The molecule has 0 bridgehead atoms. The number of hydrogen-bond donors (Lipinski definition) is 3. The van der Waals surface area contributed by atoms with Gasteiger partial charge in [0.15, 0.2) is 11.5 Å². The number of benzene rings is 1. The van der Waals surface area contributed by atoms with Gasteiger partial charge in [0.1, 0.15) is 5.60 Å². The number of aliphatic hydroxyl groups is 1. The molecule has 15 heteroatoms. The average molecular weight is 652 g/mol. The first-order valence-corrected chi connectivity index (χ1v) is 15.4. The number of aromatic nitrogens is 5. The maximum absolute atomic E-state index is 14.0. The van der Waals surface area contributed by atoms with Crippen LogP contribution in [0, 0.1) is 0 Å². The molecule has 2 aliphatic rings. The first-order valence-electron chi connectivity index (χ1n) is 15.4. The normalized spacial score (nSPS) is 16.6. The molecule has 5 heterocycles. The van der Waals surface area contributed by atoms with Gasteiger partial charge in [-0.2, -0.15) is 18.3 Å². The molecule has 4 aromatic rings. The molecule has 0 spiro atoms. The molecule has 3 aromatic heterocycles. The van der Waals surface area contributed by atoms with Crippen molar-refractivity contribution in [3.8, 4) is 11.3 Å². The number of alkyl halides is 3. The van der Waals surface area contributed by atoms with Crippen LogP contribution < -0.4 is 10.6 Å². The van der Waals surface area contributed by atoms with Crippen LogP contribution in [0.2, 0.25) is 0 Å². The van der Waals surface area contributed by atoms with Gasteiger partial charge in [0.05, 0.1) is 24.0 Å². The molecular weight excluding hydrogens is 615 g/mol. The number of piperazine rings is 1. The van der Waals surface area contributed by atoms with Gasteiger partial charge in [0.2, 0.25) is 0 Å². The lowest BCUT2D eigenvalue weighted by Gasteiger charge is -2.44. The fraction of sp³-hybridized carbons (Fsp3) is 0.406. The molecule has 1 aromatic carbocycles. The molecule has 0 radical (unpaired) electrons. The molecule has 248 valence electrons. The van der Waals surface area contributed by atoms with Crippen LogP contribution in [0.4, 0.5) is 18.9 Å². The first kappa shape index (κ1) is 32.3. The van der Waals surface area contributed by atoms with Crippen LogP contribution in [-0.2, 0) is 26.2 Å². The van der Waals surface area contributed by atoms with E-state index in [0.717, 1.165) is 5.56 Å². The van der Waals surface area contributed by atoms with Crippen molar-refractivity contribution in [1.82, 2.24) is 39.4 Å². The zero-order valence-corrected chi connectivity index (χ0v) is 26.1. The van der Waals surface area contributed by atoms with Crippen LogP contribution in [0.5, 0.6) is 0 Å². The maximum atomic E-state index is 14.0. The van der Waals surface area contributed by atoms with E-state index in [0.29, 0.717) is 69.0 Å². The van der Waals surface area contributed by atoms with Crippen LogP contribution in [0.3, 0.4) is 0 Å². The summed E-state index contributed by atoms with van der Waals surface area (Å²) in [6.45, 7) is 6.17. The number of hydrogen-bond acceptors (Lipinski definition) is 8. The Morgan fingerprint density at radius 3 is 2.51 bits per heavy atom. The smallest absolute Gasteiger partial charge is 0.386 e. The van der Waals surface area contributed by atoms with Crippen LogP contribution in [-0.4, -0.2) is 102 Å². The van der Waals surface area contributed by atoms with Gasteiger partial charge in [-0.05, 0) is 41.8 Å². The molecule has 47 heavy (non-hydrogen) atoms. The Morgan fingerprint density at radius 1 is 1.11 bits per heavy atom. The summed E-state index contributed by atoms with van der Waals surface area (Å²) in [5.41, 5.74) is 0.495. The molecular formula is C32H36F3N9O3. The Balaban J connectivity index is 1.15. The number of nitrogens with one attached hydrogen (secondary N) is 2. The quantitative estimate of drug-likeness (QED) is 0.252. The zero-order chi connectivity index (χ0) is 33.3. The molecule has 0 saturated carbocycles. The largest absolute Gasteiger partial charge is 0.435 e. The predicted octanol–water partition coefficient (Wildman–Crippen LogP) is 2.65. The van der Waals surface area contributed by atoms with Gasteiger partial charge in [-0.3, -0.25) is 24.2 Å². The molecule has 0 atom stereocenters. The van der Waals surface area contributed by atoms with Crippen molar-refractivity contribution in [1.29, 1.82) is 0 Å². The number of imidazole rings is 1. The van der Waals surface area contributed by atoms with Crippen molar-refractivity contribution in [2.24, 2.45) is 7.05 Å². The van der Waals surface area contributed by atoms with E-state index >= 15 is 0 Å². The number of rotatable bonds is 9. The van der Waals surface area contributed by atoms with Crippen molar-refractivity contribution in [2.45, 2.75) is 31.7 Å². The Kier molecular flexibility index (Phi) is 8.87. The Labute approximate surface area is 269 Å². The fourth-order valence-corrected chi connectivity index (χ4v) is 6.03. The van der Waals surface area contributed by atoms with Gasteiger partial charge < -0.3 is 25.2 Å². The summed E-state index contributed by atoms with van der Waals surface area (Å²) in [6, 6.07) is 8.47. The highest BCUT2D eigenvalue weighted by Gasteiger charge is 2.39. The van der Waals surface area contributed by atoms with E-state index < -0.39 is 23.4 Å². The highest BCUT2D eigenvalue weighted by Crippen LogP contribution is 2.36. The monoisotopic (exact) mass is 651 g/mol. The summed E-state index contributed by atoms with van der Waals surface area (Å²) in [4.78, 5) is 38.8. The van der Waals surface area contributed by atoms with E-state index in [1.807, 2.05) is 6.92 Å². The lowest BCUT2D eigenvalue weighted by molar-refractivity contribution is -0.141. The molecule has 0 unspecified atom stereocenters. The third-order valence-electron chi connectivity index (χ3n) is 8.62. The van der Waals surface area contributed by atoms with Gasteiger partial charge in [-0.15, -0.1) is 0 Å². The number of carbonyl (C=O) groups is 2. The number of pyridine rings is 1. The molecule has 2 saturated heterocycles. The number of nitrogens with zero attached hydrogens (tertiary/aromatic N) is 7. The number of halogens is 3. The van der Waals surface area contributed by atoms with Crippen LogP contribution in [0.15, 0.2) is 55.1 Å². The van der Waals surface area contributed by atoms with E-state index in [2.05, 4.69) is 30.6 Å². The Hall–Kier alpha value is -4.60. The fourth-order valence-electron chi connectivity index (χ4n) is 6.03. The predicted molar refractivity (Wildman–Crippen MR) is 167 cm³/mol.